The molecule has 0 saturated heterocycles. The lowest BCUT2D eigenvalue weighted by Crippen LogP contribution is -2.66. The molecule has 37 heavy (non-hydrogen) atoms. The quantitative estimate of drug-likeness (QED) is 0.354. The molecule has 3 atom stereocenters. The van der Waals surface area contributed by atoms with Crippen molar-refractivity contribution in [3.05, 3.63) is 50.6 Å². The zero-order valence-corrected chi connectivity index (χ0v) is 22.5. The molecule has 5 N–H and O–H groups in total. The van der Waals surface area contributed by atoms with Crippen molar-refractivity contribution < 1.29 is 14.4 Å². The van der Waals surface area contributed by atoms with Crippen molar-refractivity contribution in [1.29, 1.82) is 0 Å². The van der Waals surface area contributed by atoms with Gasteiger partial charge in [0.05, 0.1) is 17.4 Å². The van der Waals surface area contributed by atoms with E-state index in [1.807, 2.05) is 20.0 Å². The Balaban J connectivity index is 1.43. The van der Waals surface area contributed by atoms with E-state index < -0.39 is 11.6 Å². The summed E-state index contributed by atoms with van der Waals surface area (Å²) in [6.45, 7) is 4.02. The molecule has 2 amide bonds. The number of nitrogens with zero attached hydrogens (tertiary/aromatic N) is 2. The predicted octanol–water partition coefficient (Wildman–Crippen LogP) is 2.88. The first-order valence-electron chi connectivity index (χ1n) is 12.6. The molecule has 3 aromatic rings. The zero-order chi connectivity index (χ0) is 26.3. The van der Waals surface area contributed by atoms with Gasteiger partial charge in [-0.05, 0) is 57.5 Å². The van der Waals surface area contributed by atoms with Crippen LogP contribution in [0.15, 0.2) is 24.3 Å². The summed E-state index contributed by atoms with van der Waals surface area (Å²) in [6.07, 6.45) is 1.76. The number of halogens is 1. The second kappa shape index (κ2) is 10.2. The maximum absolute atomic E-state index is 13.8. The Morgan fingerprint density at radius 2 is 2.14 bits per heavy atom. The highest BCUT2D eigenvalue weighted by Crippen LogP contribution is 2.35. The average Bonchev–Trinajstić information content (AvgIpc) is 3.48. The highest BCUT2D eigenvalue weighted by molar-refractivity contribution is 7.13. The molecular formula is C26H31ClN6O3S. The van der Waals surface area contributed by atoms with Crippen LogP contribution in [0.1, 0.15) is 57.0 Å². The molecule has 2 aromatic heterocycles. The fraction of sp³-hybridized carbons (Fsp3) is 0.462. The van der Waals surface area contributed by atoms with E-state index in [0.717, 1.165) is 41.0 Å². The molecule has 0 bridgehead atoms. The molecule has 3 heterocycles. The maximum atomic E-state index is 13.8. The van der Waals surface area contributed by atoms with E-state index in [1.165, 1.54) is 11.3 Å². The Hall–Kier alpha value is -2.79. The van der Waals surface area contributed by atoms with Gasteiger partial charge in [-0.15, -0.1) is 11.3 Å². The number of aromatic amines is 1. The number of aromatic nitrogens is 2. The molecule has 5 rings (SSSR count). The van der Waals surface area contributed by atoms with Gasteiger partial charge in [0.15, 0.2) is 5.01 Å². The maximum Gasteiger partial charge on any atom is 0.280 e. The van der Waals surface area contributed by atoms with E-state index in [-0.39, 0.29) is 36.4 Å². The Bertz CT molecular complexity index is 1370. The summed E-state index contributed by atoms with van der Waals surface area (Å²) in [4.78, 5) is 50.9. The molecule has 11 heteroatoms. The number of hydrogen-bond acceptors (Lipinski definition) is 7. The monoisotopic (exact) mass is 542 g/mol. The number of carbonyl (C=O) groups excluding carboxylic acids is 3. The van der Waals surface area contributed by atoms with E-state index >= 15 is 0 Å². The lowest BCUT2D eigenvalue weighted by Gasteiger charge is -2.42. The first kappa shape index (κ1) is 25.8. The number of carbonyl (C=O) groups is 3. The number of nitrogens with one attached hydrogen (secondary N) is 3. The number of amides is 2. The van der Waals surface area contributed by atoms with Crippen molar-refractivity contribution in [3.63, 3.8) is 0 Å². The number of rotatable bonds is 6. The van der Waals surface area contributed by atoms with Gasteiger partial charge in [0, 0.05) is 52.8 Å². The molecule has 1 aromatic carbocycles. The summed E-state index contributed by atoms with van der Waals surface area (Å²) >= 11 is 7.49. The Morgan fingerprint density at radius 3 is 2.92 bits per heavy atom. The molecule has 1 aliphatic carbocycles. The number of fused-ring (bicyclic) bond motifs is 2. The van der Waals surface area contributed by atoms with Crippen LogP contribution in [-0.2, 0) is 17.8 Å². The SMILES string of the molecule is CCNC(=O)C1CCC(N)(C(=O)c2cc3cc(Cl)ccc3[nH]2)C(NC(=O)c2nc3c(s2)CN(C)CC3)C1. The van der Waals surface area contributed by atoms with Crippen LogP contribution in [0.25, 0.3) is 10.9 Å². The van der Waals surface area contributed by atoms with Gasteiger partial charge in [-0.2, -0.15) is 0 Å². The van der Waals surface area contributed by atoms with E-state index in [1.54, 1.807) is 18.2 Å². The summed E-state index contributed by atoms with van der Waals surface area (Å²) in [5, 5.41) is 7.58. The molecule has 0 spiro atoms. The summed E-state index contributed by atoms with van der Waals surface area (Å²) in [6, 6.07) is 6.33. The van der Waals surface area contributed by atoms with Crippen molar-refractivity contribution in [2.24, 2.45) is 11.7 Å². The number of hydrogen-bond donors (Lipinski definition) is 4. The molecule has 1 aliphatic heterocycles. The third-order valence-electron chi connectivity index (χ3n) is 7.44. The van der Waals surface area contributed by atoms with E-state index in [0.29, 0.717) is 28.7 Å². The van der Waals surface area contributed by atoms with Crippen LogP contribution < -0.4 is 16.4 Å². The molecular weight excluding hydrogens is 512 g/mol. The average molecular weight is 543 g/mol. The first-order chi connectivity index (χ1) is 17.7. The van der Waals surface area contributed by atoms with Crippen molar-refractivity contribution in [2.45, 2.75) is 50.7 Å². The Labute approximate surface area is 224 Å². The molecule has 0 radical (unpaired) electrons. The lowest BCUT2D eigenvalue weighted by atomic mass is 9.70. The Morgan fingerprint density at radius 1 is 1.32 bits per heavy atom. The highest BCUT2D eigenvalue weighted by atomic mass is 35.5. The van der Waals surface area contributed by atoms with Crippen molar-refractivity contribution in [2.75, 3.05) is 20.1 Å². The van der Waals surface area contributed by atoms with Crippen LogP contribution in [0.5, 0.6) is 0 Å². The minimum Gasteiger partial charge on any atom is -0.356 e. The fourth-order valence-corrected chi connectivity index (χ4v) is 6.60. The minimum atomic E-state index is -1.39. The van der Waals surface area contributed by atoms with Crippen LogP contribution in [0.3, 0.4) is 0 Å². The lowest BCUT2D eigenvalue weighted by molar-refractivity contribution is -0.126. The number of benzene rings is 1. The van der Waals surface area contributed by atoms with Gasteiger partial charge in [0.1, 0.15) is 5.54 Å². The van der Waals surface area contributed by atoms with E-state index in [2.05, 4.69) is 25.5 Å². The van der Waals surface area contributed by atoms with Crippen LogP contribution in [0.2, 0.25) is 5.02 Å². The topological polar surface area (TPSA) is 133 Å². The number of nitrogens with two attached hydrogens (primary N) is 1. The molecule has 1 saturated carbocycles. The number of ketones is 1. The second-order valence-corrected chi connectivity index (χ2v) is 11.6. The summed E-state index contributed by atoms with van der Waals surface area (Å²) in [5.41, 5.74) is 7.52. The summed E-state index contributed by atoms with van der Waals surface area (Å²) < 4.78 is 0. The van der Waals surface area contributed by atoms with Gasteiger partial charge in [0.2, 0.25) is 11.7 Å². The number of likely N-dealkylation sites (N-methyl/N-ethyl adjacent to an activating group) is 1. The number of Topliss-reactive ketones (excluding diaryl/α,β-unsaturated/α-hetero) is 1. The van der Waals surface area contributed by atoms with Crippen molar-refractivity contribution in [3.8, 4) is 0 Å². The van der Waals surface area contributed by atoms with E-state index in [4.69, 9.17) is 17.3 Å². The van der Waals surface area contributed by atoms with Gasteiger partial charge >= 0.3 is 0 Å². The molecule has 196 valence electrons. The number of H-pyrrole nitrogens is 1. The molecule has 1 fully saturated rings. The largest absolute Gasteiger partial charge is 0.356 e. The number of thiazole rings is 1. The smallest absolute Gasteiger partial charge is 0.280 e. The van der Waals surface area contributed by atoms with Gasteiger partial charge in [-0.1, -0.05) is 11.6 Å². The van der Waals surface area contributed by atoms with Crippen molar-refractivity contribution >= 4 is 51.4 Å². The third-order valence-corrected chi connectivity index (χ3v) is 8.76. The van der Waals surface area contributed by atoms with Gasteiger partial charge in [-0.25, -0.2) is 4.98 Å². The van der Waals surface area contributed by atoms with Crippen LogP contribution in [0.4, 0.5) is 0 Å². The fourth-order valence-electron chi connectivity index (χ4n) is 5.33. The van der Waals surface area contributed by atoms with Crippen LogP contribution >= 0.6 is 22.9 Å². The van der Waals surface area contributed by atoms with Crippen LogP contribution in [-0.4, -0.2) is 64.2 Å². The highest BCUT2D eigenvalue weighted by Gasteiger charge is 2.49. The molecule has 2 aliphatic rings. The third kappa shape index (κ3) is 5.03. The normalized spacial score (nSPS) is 24.0. The molecule has 3 unspecified atom stereocenters. The zero-order valence-electron chi connectivity index (χ0n) is 20.9. The van der Waals surface area contributed by atoms with Crippen molar-refractivity contribution in [1.82, 2.24) is 25.5 Å². The molecule has 9 nitrogen and oxygen atoms in total. The minimum absolute atomic E-state index is 0.0933. The van der Waals surface area contributed by atoms with E-state index in [9.17, 15) is 14.4 Å². The predicted molar refractivity (Wildman–Crippen MR) is 144 cm³/mol. The second-order valence-electron chi connectivity index (χ2n) is 10.1. The van der Waals surface area contributed by atoms with Gasteiger partial charge in [0.25, 0.3) is 5.91 Å². The van der Waals surface area contributed by atoms with Gasteiger partial charge < -0.3 is 26.3 Å². The summed E-state index contributed by atoms with van der Waals surface area (Å²) in [7, 11) is 2.04. The standard InChI is InChI=1S/C26H31ClN6O3S/c1-3-29-23(35)14-6-8-26(28,22(34)19-11-15-10-16(27)4-5-17(15)30-19)21(12-14)32-24(36)25-31-18-7-9-33(2)13-20(18)37-25/h4-5,10-11,14,21,30H,3,6-9,12-13,28H2,1-2H3,(H,29,35)(H,32,36). The Kier molecular flexibility index (Phi) is 7.10. The first-order valence-corrected chi connectivity index (χ1v) is 13.7. The van der Waals surface area contributed by atoms with Gasteiger partial charge in [-0.3, -0.25) is 14.4 Å². The van der Waals surface area contributed by atoms with Crippen LogP contribution in [0, 0.1) is 5.92 Å². The summed E-state index contributed by atoms with van der Waals surface area (Å²) in [5.74, 6) is -1.12.